The summed E-state index contributed by atoms with van der Waals surface area (Å²) in [6, 6.07) is 5.42. The molecule has 1 aliphatic rings. The van der Waals surface area contributed by atoms with Crippen molar-refractivity contribution in [2.75, 3.05) is 26.2 Å². The van der Waals surface area contributed by atoms with Crippen LogP contribution in [0.25, 0.3) is 0 Å². The van der Waals surface area contributed by atoms with Gasteiger partial charge in [0.05, 0.1) is 16.2 Å². The van der Waals surface area contributed by atoms with Crippen LogP contribution in [0.1, 0.15) is 11.1 Å². The van der Waals surface area contributed by atoms with E-state index in [-0.39, 0.29) is 5.82 Å². The summed E-state index contributed by atoms with van der Waals surface area (Å²) in [5.41, 5.74) is 1.64. The van der Waals surface area contributed by atoms with E-state index in [0.29, 0.717) is 42.2 Å². The number of aryl methyl sites for hydroxylation is 2. The van der Waals surface area contributed by atoms with E-state index in [1.54, 1.807) is 19.2 Å². The molecule has 1 aliphatic heterocycles. The van der Waals surface area contributed by atoms with E-state index in [4.69, 9.17) is 0 Å². The number of sulfonamides is 1. The highest BCUT2D eigenvalue weighted by Crippen LogP contribution is 2.24. The maximum absolute atomic E-state index is 13.0. The number of benzene rings is 1. The lowest BCUT2D eigenvalue weighted by Crippen LogP contribution is -2.49. The van der Waals surface area contributed by atoms with Crippen LogP contribution in [0.4, 0.5) is 5.82 Å². The number of hydrogen-bond donors (Lipinski definition) is 0. The van der Waals surface area contributed by atoms with Crippen LogP contribution >= 0.6 is 15.9 Å². The van der Waals surface area contributed by atoms with Gasteiger partial charge in [-0.1, -0.05) is 12.1 Å². The van der Waals surface area contributed by atoms with Crippen molar-refractivity contribution in [3.63, 3.8) is 0 Å². The Morgan fingerprint density at radius 1 is 1.22 bits per heavy atom. The highest BCUT2D eigenvalue weighted by Gasteiger charge is 2.30. The summed E-state index contributed by atoms with van der Waals surface area (Å²) in [5.74, 6) is -0.230. The van der Waals surface area contributed by atoms with Gasteiger partial charge in [0, 0.05) is 26.2 Å². The van der Waals surface area contributed by atoms with Crippen LogP contribution < -0.4 is 0 Å². The Kier molecular flexibility index (Phi) is 5.65. The van der Waals surface area contributed by atoms with E-state index < -0.39 is 14.9 Å². The largest absolute Gasteiger partial charge is 0.404 e. The molecule has 2 heterocycles. The highest BCUT2D eigenvalue weighted by atomic mass is 79.9. The van der Waals surface area contributed by atoms with E-state index in [9.17, 15) is 18.5 Å². The molecule has 1 saturated heterocycles. The van der Waals surface area contributed by atoms with Crippen LogP contribution in [-0.2, 0) is 16.7 Å². The lowest BCUT2D eigenvalue weighted by Gasteiger charge is -2.33. The smallest absolute Gasteiger partial charge is 0.358 e. The molecular weight excluding hydrogens is 438 g/mol. The molecule has 0 aliphatic carbocycles. The quantitative estimate of drug-likeness (QED) is 0.503. The van der Waals surface area contributed by atoms with Gasteiger partial charge in [-0.25, -0.2) is 8.42 Å². The van der Waals surface area contributed by atoms with Gasteiger partial charge in [0.2, 0.25) is 10.0 Å². The van der Waals surface area contributed by atoms with Crippen LogP contribution in [0.3, 0.4) is 0 Å². The van der Waals surface area contributed by atoms with Gasteiger partial charge < -0.3 is 10.1 Å². The summed E-state index contributed by atoms with van der Waals surface area (Å²) in [6.07, 6.45) is 1.55. The highest BCUT2D eigenvalue weighted by molar-refractivity contribution is 9.10. The lowest BCUT2D eigenvalue weighted by molar-refractivity contribution is -0.390. The van der Waals surface area contributed by atoms with Gasteiger partial charge in [0.15, 0.2) is 0 Å². The molecule has 0 spiro atoms. The molecule has 3 rings (SSSR count). The molecule has 0 N–H and O–H groups in total. The van der Waals surface area contributed by atoms with Crippen LogP contribution in [0.5, 0.6) is 0 Å². The molecule has 0 unspecified atom stereocenters. The summed E-state index contributed by atoms with van der Waals surface area (Å²) in [7, 11) is -3.54. The van der Waals surface area contributed by atoms with Crippen LogP contribution in [-0.4, -0.2) is 58.5 Å². The van der Waals surface area contributed by atoms with E-state index in [1.807, 2.05) is 24.0 Å². The fourth-order valence-corrected chi connectivity index (χ4v) is 5.22. The summed E-state index contributed by atoms with van der Waals surface area (Å²) in [4.78, 5) is 12.7. The molecule has 0 bridgehead atoms. The van der Waals surface area contributed by atoms with Crippen LogP contribution in [0, 0.1) is 24.0 Å². The molecule has 0 saturated carbocycles. The number of nitrogens with zero attached hydrogens (tertiary/aromatic N) is 5. The fraction of sp³-hybridized carbons (Fsp3) is 0.438. The first kappa shape index (κ1) is 19.9. The Morgan fingerprint density at radius 2 is 1.89 bits per heavy atom. The van der Waals surface area contributed by atoms with Crippen molar-refractivity contribution in [3.8, 4) is 0 Å². The van der Waals surface area contributed by atoms with Gasteiger partial charge in [-0.15, -0.1) is 0 Å². The number of aromatic nitrogens is 2. The number of hydrogen-bond acceptors (Lipinski definition) is 6. The molecule has 27 heavy (non-hydrogen) atoms. The van der Waals surface area contributed by atoms with Crippen LogP contribution in [0.2, 0.25) is 0 Å². The Labute approximate surface area is 165 Å². The van der Waals surface area contributed by atoms with Gasteiger partial charge in [-0.05, 0) is 51.9 Å². The molecular formula is C16H20BrN5O4S. The van der Waals surface area contributed by atoms with Gasteiger partial charge >= 0.3 is 5.82 Å². The van der Waals surface area contributed by atoms with E-state index in [1.165, 1.54) is 8.99 Å². The van der Waals surface area contributed by atoms with Gasteiger partial charge in [-0.3, -0.25) is 4.90 Å². The third-order valence-electron chi connectivity index (χ3n) is 4.51. The molecule has 0 atom stereocenters. The zero-order valence-corrected chi connectivity index (χ0v) is 17.4. The molecule has 1 aromatic heterocycles. The Morgan fingerprint density at radius 3 is 2.48 bits per heavy atom. The van der Waals surface area contributed by atoms with Gasteiger partial charge in [0.1, 0.15) is 11.1 Å². The minimum absolute atomic E-state index is 0.230. The van der Waals surface area contributed by atoms with Crippen molar-refractivity contribution in [1.82, 2.24) is 19.0 Å². The molecule has 2 aromatic rings. The Hall–Kier alpha value is -1.82. The zero-order chi connectivity index (χ0) is 19.8. The zero-order valence-electron chi connectivity index (χ0n) is 15.0. The molecule has 1 fully saturated rings. The summed E-state index contributed by atoms with van der Waals surface area (Å²) in [6.45, 7) is 5.80. The third kappa shape index (κ3) is 4.21. The van der Waals surface area contributed by atoms with Crippen molar-refractivity contribution in [2.24, 2.45) is 0 Å². The maximum Gasteiger partial charge on any atom is 0.404 e. The lowest BCUT2D eigenvalue weighted by atomic mass is 10.2. The Bertz CT molecular complexity index is 967. The molecule has 146 valence electrons. The summed E-state index contributed by atoms with van der Waals surface area (Å²) in [5, 5.41) is 14.8. The van der Waals surface area contributed by atoms with E-state index in [0.717, 1.165) is 11.1 Å². The molecule has 11 heteroatoms. The van der Waals surface area contributed by atoms with Gasteiger partial charge in [0.25, 0.3) is 0 Å². The predicted molar refractivity (Wildman–Crippen MR) is 103 cm³/mol. The molecule has 0 radical (unpaired) electrons. The fourth-order valence-electron chi connectivity index (χ4n) is 3.02. The minimum atomic E-state index is -3.54. The average Bonchev–Trinajstić information content (AvgIpc) is 2.98. The number of rotatable bonds is 5. The molecule has 1 aromatic carbocycles. The second kappa shape index (κ2) is 7.66. The second-order valence-electron chi connectivity index (χ2n) is 6.53. The van der Waals surface area contributed by atoms with Crippen LogP contribution in [0.15, 0.2) is 33.8 Å². The van der Waals surface area contributed by atoms with Crippen molar-refractivity contribution < 1.29 is 13.3 Å². The SMILES string of the molecule is Cc1ccc(C)c(S(=O)(=O)N2CCN(Cn3cc(Br)c([N+](=O)[O-])n3)CC2)c1. The van der Waals surface area contributed by atoms with Crippen molar-refractivity contribution >= 4 is 31.8 Å². The topological polar surface area (TPSA) is 102 Å². The van der Waals surface area contributed by atoms with E-state index >= 15 is 0 Å². The number of halogens is 1. The molecule has 9 nitrogen and oxygen atoms in total. The third-order valence-corrected chi connectivity index (χ3v) is 7.11. The van der Waals surface area contributed by atoms with Crippen molar-refractivity contribution in [3.05, 3.63) is 50.1 Å². The Balaban J connectivity index is 1.67. The standard InChI is InChI=1S/C16H20BrN5O4S/c1-12-3-4-13(2)15(9-12)27(25,26)21-7-5-19(6-8-21)11-20-10-14(17)16(18-20)22(23)24/h3-4,9-10H,5-8,11H2,1-2H3. The van der Waals surface area contributed by atoms with E-state index in [2.05, 4.69) is 21.0 Å². The monoisotopic (exact) mass is 457 g/mol. The number of nitro groups is 1. The first-order chi connectivity index (χ1) is 12.7. The first-order valence-corrected chi connectivity index (χ1v) is 10.6. The molecule has 0 amide bonds. The van der Waals surface area contributed by atoms with Gasteiger partial charge in [-0.2, -0.15) is 8.99 Å². The second-order valence-corrected chi connectivity index (χ2v) is 9.29. The first-order valence-electron chi connectivity index (χ1n) is 8.35. The minimum Gasteiger partial charge on any atom is -0.358 e. The summed E-state index contributed by atoms with van der Waals surface area (Å²) < 4.78 is 29.2. The predicted octanol–water partition coefficient (Wildman–Crippen LogP) is 2.13. The number of piperazine rings is 1. The normalized spacial score (nSPS) is 16.6. The van der Waals surface area contributed by atoms with Crippen molar-refractivity contribution in [2.45, 2.75) is 25.4 Å². The maximum atomic E-state index is 13.0. The average molecular weight is 458 g/mol. The summed E-state index contributed by atoms with van der Waals surface area (Å²) >= 11 is 3.13. The van der Waals surface area contributed by atoms with Crippen molar-refractivity contribution in [1.29, 1.82) is 0 Å².